The summed E-state index contributed by atoms with van der Waals surface area (Å²) in [5, 5.41) is 7.09. The van der Waals surface area contributed by atoms with Crippen molar-refractivity contribution in [2.45, 2.75) is 20.0 Å². The van der Waals surface area contributed by atoms with Crippen LogP contribution in [0, 0.1) is 6.92 Å². The molecule has 0 fully saturated rings. The SMILES string of the molecule is Cc1ccc(NC(=O)N(C)Cc2ccc(Cl)cc2)cc1NC(=O)N(C)Cc1ccc(Cl)cc1. The average Bonchev–Trinajstić information content (AvgIpc) is 2.79. The van der Waals surface area contributed by atoms with Crippen LogP contribution in [0.25, 0.3) is 0 Å². The van der Waals surface area contributed by atoms with E-state index in [4.69, 9.17) is 23.2 Å². The first-order valence-corrected chi connectivity index (χ1v) is 11.1. The Labute approximate surface area is 204 Å². The first-order valence-electron chi connectivity index (χ1n) is 10.3. The molecule has 0 aliphatic rings. The Kier molecular flexibility index (Phi) is 8.20. The number of rotatable bonds is 6. The van der Waals surface area contributed by atoms with Crippen molar-refractivity contribution in [3.63, 3.8) is 0 Å². The molecule has 0 aliphatic heterocycles. The van der Waals surface area contributed by atoms with Gasteiger partial charge >= 0.3 is 12.1 Å². The van der Waals surface area contributed by atoms with E-state index in [1.165, 1.54) is 0 Å². The predicted molar refractivity (Wildman–Crippen MR) is 135 cm³/mol. The number of aryl methyl sites for hydroxylation is 1. The molecule has 0 unspecified atom stereocenters. The first-order chi connectivity index (χ1) is 15.7. The van der Waals surface area contributed by atoms with Crippen molar-refractivity contribution >= 4 is 46.6 Å². The van der Waals surface area contributed by atoms with Crippen LogP contribution in [0.15, 0.2) is 66.7 Å². The summed E-state index contributed by atoms with van der Waals surface area (Å²) < 4.78 is 0. The van der Waals surface area contributed by atoms with Crippen LogP contribution >= 0.6 is 23.2 Å². The van der Waals surface area contributed by atoms with Gasteiger partial charge in [0, 0.05) is 48.6 Å². The average molecular weight is 485 g/mol. The lowest BCUT2D eigenvalue weighted by atomic mass is 10.1. The molecular weight excluding hydrogens is 459 g/mol. The van der Waals surface area contributed by atoms with Gasteiger partial charge in [-0.1, -0.05) is 53.5 Å². The van der Waals surface area contributed by atoms with Crippen LogP contribution in [0.2, 0.25) is 10.0 Å². The van der Waals surface area contributed by atoms with Gasteiger partial charge in [0.05, 0.1) is 0 Å². The summed E-state index contributed by atoms with van der Waals surface area (Å²) in [5.74, 6) is 0. The smallest absolute Gasteiger partial charge is 0.321 e. The van der Waals surface area contributed by atoms with E-state index in [1.807, 2.05) is 37.3 Å². The third-order valence-electron chi connectivity index (χ3n) is 5.09. The number of anilines is 2. The van der Waals surface area contributed by atoms with Gasteiger partial charge in [-0.2, -0.15) is 0 Å². The number of benzene rings is 3. The van der Waals surface area contributed by atoms with Crippen molar-refractivity contribution in [1.29, 1.82) is 0 Å². The number of halogens is 2. The standard InChI is InChI=1S/C25H26Cl2N4O2/c1-17-4-13-22(28-24(32)30(2)15-18-5-9-20(26)10-6-18)14-23(17)29-25(33)31(3)16-19-7-11-21(27)12-8-19/h4-14H,15-16H2,1-3H3,(H,28,32)(H,29,33). The summed E-state index contributed by atoms with van der Waals surface area (Å²) in [5.41, 5.74) is 4.04. The molecule has 3 aromatic rings. The molecule has 8 heteroatoms. The molecule has 0 spiro atoms. The first kappa shape index (κ1) is 24.4. The van der Waals surface area contributed by atoms with E-state index >= 15 is 0 Å². The molecule has 33 heavy (non-hydrogen) atoms. The van der Waals surface area contributed by atoms with Gasteiger partial charge in [-0.05, 0) is 60.0 Å². The molecule has 6 nitrogen and oxygen atoms in total. The summed E-state index contributed by atoms with van der Waals surface area (Å²) >= 11 is 11.8. The lowest BCUT2D eigenvalue weighted by Gasteiger charge is -2.21. The predicted octanol–water partition coefficient (Wildman–Crippen LogP) is 6.63. The highest BCUT2D eigenvalue weighted by molar-refractivity contribution is 6.30. The van der Waals surface area contributed by atoms with E-state index in [9.17, 15) is 9.59 Å². The third kappa shape index (κ3) is 7.14. The van der Waals surface area contributed by atoms with E-state index < -0.39 is 0 Å². The van der Waals surface area contributed by atoms with Gasteiger partial charge in [0.15, 0.2) is 0 Å². The molecular formula is C25H26Cl2N4O2. The number of hydrogen-bond donors (Lipinski definition) is 2. The maximum atomic E-state index is 12.7. The molecule has 4 amide bonds. The number of urea groups is 2. The van der Waals surface area contributed by atoms with E-state index in [0.717, 1.165) is 16.7 Å². The zero-order chi connectivity index (χ0) is 24.0. The van der Waals surface area contributed by atoms with Crippen LogP contribution in [0.4, 0.5) is 21.0 Å². The van der Waals surface area contributed by atoms with Crippen LogP contribution in [0.1, 0.15) is 16.7 Å². The molecule has 3 rings (SSSR count). The number of hydrogen-bond acceptors (Lipinski definition) is 2. The fourth-order valence-electron chi connectivity index (χ4n) is 3.13. The normalized spacial score (nSPS) is 10.5. The van der Waals surface area contributed by atoms with Gasteiger partial charge in [-0.15, -0.1) is 0 Å². The Morgan fingerprint density at radius 1 is 0.727 bits per heavy atom. The molecule has 2 N–H and O–H groups in total. The van der Waals surface area contributed by atoms with Crippen molar-refractivity contribution < 1.29 is 9.59 Å². The molecule has 0 bridgehead atoms. The molecule has 172 valence electrons. The van der Waals surface area contributed by atoms with Crippen molar-refractivity contribution in [1.82, 2.24) is 9.80 Å². The molecule has 0 radical (unpaired) electrons. The van der Waals surface area contributed by atoms with E-state index in [1.54, 1.807) is 60.3 Å². The lowest BCUT2D eigenvalue weighted by molar-refractivity contribution is 0.220. The second-order valence-electron chi connectivity index (χ2n) is 7.86. The van der Waals surface area contributed by atoms with Crippen molar-refractivity contribution in [2.75, 3.05) is 24.7 Å². The van der Waals surface area contributed by atoms with Gasteiger partial charge < -0.3 is 20.4 Å². The quantitative estimate of drug-likeness (QED) is 0.412. The molecule has 0 atom stereocenters. The number of nitrogens with one attached hydrogen (secondary N) is 2. The molecule has 0 saturated carbocycles. The summed E-state index contributed by atoms with van der Waals surface area (Å²) in [6.45, 7) is 2.77. The molecule has 3 aromatic carbocycles. The minimum atomic E-state index is -0.258. The third-order valence-corrected chi connectivity index (χ3v) is 5.59. The zero-order valence-corrected chi connectivity index (χ0v) is 20.2. The number of carbonyl (C=O) groups is 2. The minimum Gasteiger partial charge on any atom is -0.323 e. The Hall–Kier alpha value is -3.22. The molecule has 0 heterocycles. The van der Waals surface area contributed by atoms with Gasteiger partial charge in [0.1, 0.15) is 0 Å². The minimum absolute atomic E-state index is 0.253. The Bertz CT molecular complexity index is 1120. The largest absolute Gasteiger partial charge is 0.323 e. The fraction of sp³-hybridized carbons (Fsp3) is 0.200. The van der Waals surface area contributed by atoms with Crippen LogP contribution < -0.4 is 10.6 Å². The summed E-state index contributed by atoms with van der Waals surface area (Å²) in [7, 11) is 3.43. The van der Waals surface area contributed by atoms with Crippen molar-refractivity contribution in [3.8, 4) is 0 Å². The number of carbonyl (C=O) groups excluding carboxylic acids is 2. The van der Waals surface area contributed by atoms with E-state index in [2.05, 4.69) is 10.6 Å². The Balaban J connectivity index is 1.60. The fourth-order valence-corrected chi connectivity index (χ4v) is 3.39. The van der Waals surface area contributed by atoms with E-state index in [0.29, 0.717) is 34.5 Å². The highest BCUT2D eigenvalue weighted by Crippen LogP contribution is 2.22. The van der Waals surface area contributed by atoms with Gasteiger partial charge in [0.25, 0.3) is 0 Å². The zero-order valence-electron chi connectivity index (χ0n) is 18.7. The second kappa shape index (κ2) is 11.1. The van der Waals surface area contributed by atoms with Crippen LogP contribution in [-0.2, 0) is 13.1 Å². The summed E-state index contributed by atoms with van der Waals surface area (Å²) in [6, 6.07) is 19.6. The lowest BCUT2D eigenvalue weighted by Crippen LogP contribution is -2.31. The van der Waals surface area contributed by atoms with Crippen LogP contribution in [-0.4, -0.2) is 36.0 Å². The highest BCUT2D eigenvalue weighted by atomic mass is 35.5. The number of amides is 4. The van der Waals surface area contributed by atoms with E-state index in [-0.39, 0.29) is 12.1 Å². The monoisotopic (exact) mass is 484 g/mol. The molecule has 0 saturated heterocycles. The summed E-state index contributed by atoms with van der Waals surface area (Å²) in [6.07, 6.45) is 0. The van der Waals surface area contributed by atoms with Gasteiger partial charge in [0.2, 0.25) is 0 Å². The Morgan fingerprint density at radius 3 is 1.67 bits per heavy atom. The molecule has 0 aromatic heterocycles. The topological polar surface area (TPSA) is 64.7 Å². The van der Waals surface area contributed by atoms with Gasteiger partial charge in [-0.3, -0.25) is 0 Å². The second-order valence-corrected chi connectivity index (χ2v) is 8.73. The van der Waals surface area contributed by atoms with Gasteiger partial charge in [-0.25, -0.2) is 9.59 Å². The summed E-state index contributed by atoms with van der Waals surface area (Å²) in [4.78, 5) is 28.5. The van der Waals surface area contributed by atoms with Crippen LogP contribution in [0.5, 0.6) is 0 Å². The molecule has 0 aliphatic carbocycles. The maximum Gasteiger partial charge on any atom is 0.321 e. The maximum absolute atomic E-state index is 12.7. The van der Waals surface area contributed by atoms with Crippen molar-refractivity contribution in [3.05, 3.63) is 93.5 Å². The van der Waals surface area contributed by atoms with Crippen LogP contribution in [0.3, 0.4) is 0 Å². The number of nitrogens with zero attached hydrogens (tertiary/aromatic N) is 2. The highest BCUT2D eigenvalue weighted by Gasteiger charge is 2.14. The van der Waals surface area contributed by atoms with Crippen molar-refractivity contribution in [2.24, 2.45) is 0 Å². The Morgan fingerprint density at radius 2 is 1.18 bits per heavy atom.